The Morgan fingerprint density at radius 3 is 2.71 bits per heavy atom. The summed E-state index contributed by atoms with van der Waals surface area (Å²) in [6.07, 6.45) is 5.78. The van der Waals surface area contributed by atoms with Gasteiger partial charge in [-0.05, 0) is 51.0 Å². The van der Waals surface area contributed by atoms with Gasteiger partial charge in [0, 0.05) is 5.92 Å². The average Bonchev–Trinajstić information content (AvgIpc) is 2.23. The summed E-state index contributed by atoms with van der Waals surface area (Å²) in [5.74, 6) is 2.06. The van der Waals surface area contributed by atoms with Crippen molar-refractivity contribution in [1.29, 1.82) is 0 Å². The second-order valence-electron chi connectivity index (χ2n) is 5.90. The van der Waals surface area contributed by atoms with Crippen LogP contribution in [0.5, 0.6) is 0 Å². The number of hydrogen-bond acceptors (Lipinski definition) is 2. The van der Waals surface area contributed by atoms with Crippen LogP contribution < -0.4 is 0 Å². The first-order valence-corrected chi connectivity index (χ1v) is 6.82. The molecule has 98 valence electrons. The number of hydrogen-bond donors (Lipinski definition) is 0. The summed E-state index contributed by atoms with van der Waals surface area (Å²) in [5.41, 5.74) is 2.56. The molecule has 0 spiro atoms. The highest BCUT2D eigenvalue weighted by Crippen LogP contribution is 2.31. The Labute approximate surface area is 106 Å². The predicted octanol–water partition coefficient (Wildman–Crippen LogP) is 4.42. The molecule has 2 heteroatoms. The molecule has 1 fully saturated rings. The van der Waals surface area contributed by atoms with Gasteiger partial charge >= 0.3 is 0 Å². The fourth-order valence-corrected chi connectivity index (χ4v) is 2.39. The topological polar surface area (TPSA) is 21.6 Å². The van der Waals surface area contributed by atoms with Crippen molar-refractivity contribution < 1.29 is 4.84 Å². The summed E-state index contributed by atoms with van der Waals surface area (Å²) in [7, 11) is 0. The number of nitrogens with zero attached hydrogens (tertiary/aromatic N) is 1. The first-order valence-electron chi connectivity index (χ1n) is 6.82. The quantitative estimate of drug-likeness (QED) is 0.403. The first kappa shape index (κ1) is 14.3. The maximum Gasteiger partial charge on any atom is 0.135 e. The minimum absolute atomic E-state index is 0.602. The Morgan fingerprint density at radius 2 is 2.12 bits per heavy atom. The van der Waals surface area contributed by atoms with Crippen LogP contribution in [0.1, 0.15) is 53.9 Å². The molecule has 0 amide bonds. The molecule has 0 unspecified atom stereocenters. The molecule has 1 rings (SSSR count). The van der Waals surface area contributed by atoms with Crippen LogP contribution in [0.15, 0.2) is 16.8 Å². The number of rotatable bonds is 4. The largest absolute Gasteiger partial charge is 0.392 e. The molecule has 0 saturated heterocycles. The molecule has 1 aliphatic carbocycles. The highest BCUT2D eigenvalue weighted by molar-refractivity contribution is 5.87. The Balaban J connectivity index is 2.56. The summed E-state index contributed by atoms with van der Waals surface area (Å²) in [4.78, 5) is 5.42. The van der Waals surface area contributed by atoms with Crippen LogP contribution in [0.2, 0.25) is 0 Å². The molecule has 17 heavy (non-hydrogen) atoms. The maximum absolute atomic E-state index is 5.42. The zero-order valence-electron chi connectivity index (χ0n) is 12.0. The van der Waals surface area contributed by atoms with Gasteiger partial charge in [0.05, 0.1) is 5.71 Å². The molecular formula is C15H27NO. The van der Waals surface area contributed by atoms with Crippen LogP contribution in [-0.2, 0) is 4.84 Å². The van der Waals surface area contributed by atoms with E-state index in [1.807, 2.05) is 0 Å². The molecule has 0 aromatic heterocycles. The standard InChI is InChI=1S/C15H27NO/c1-11(2)8-9-17-16-15-10-13(5)6-7-14(15)12(3)4/h8,12-14H,6-7,9-10H2,1-5H3/b16-15-/t13-,14+/m1/s1. The van der Waals surface area contributed by atoms with Gasteiger partial charge in [-0.25, -0.2) is 0 Å². The second kappa shape index (κ2) is 6.83. The van der Waals surface area contributed by atoms with Crippen molar-refractivity contribution in [1.82, 2.24) is 0 Å². The highest BCUT2D eigenvalue weighted by atomic mass is 16.6. The Bertz CT molecular complexity index is 287. The zero-order chi connectivity index (χ0) is 12.8. The van der Waals surface area contributed by atoms with Gasteiger partial charge in [0.25, 0.3) is 0 Å². The van der Waals surface area contributed by atoms with Gasteiger partial charge in [-0.15, -0.1) is 0 Å². The van der Waals surface area contributed by atoms with E-state index in [1.165, 1.54) is 24.1 Å². The van der Waals surface area contributed by atoms with E-state index in [-0.39, 0.29) is 0 Å². The zero-order valence-corrected chi connectivity index (χ0v) is 12.0. The van der Waals surface area contributed by atoms with Crippen molar-refractivity contribution in [2.24, 2.45) is 22.9 Å². The summed E-state index contributed by atoms with van der Waals surface area (Å²) >= 11 is 0. The molecule has 0 aromatic rings. The smallest absolute Gasteiger partial charge is 0.135 e. The lowest BCUT2D eigenvalue weighted by Crippen LogP contribution is -2.28. The number of oxime groups is 1. The van der Waals surface area contributed by atoms with Gasteiger partial charge in [0.2, 0.25) is 0 Å². The molecule has 1 aliphatic rings. The Hall–Kier alpha value is -0.790. The second-order valence-corrected chi connectivity index (χ2v) is 5.90. The van der Waals surface area contributed by atoms with Gasteiger partial charge in [0.15, 0.2) is 0 Å². The van der Waals surface area contributed by atoms with E-state index in [0.29, 0.717) is 18.4 Å². The minimum Gasteiger partial charge on any atom is -0.392 e. The lowest BCUT2D eigenvalue weighted by Gasteiger charge is -2.30. The van der Waals surface area contributed by atoms with E-state index in [4.69, 9.17) is 4.84 Å². The molecule has 0 bridgehead atoms. The predicted molar refractivity (Wildman–Crippen MR) is 74.2 cm³/mol. The van der Waals surface area contributed by atoms with Crippen LogP contribution in [0.4, 0.5) is 0 Å². The molecule has 0 heterocycles. The van der Waals surface area contributed by atoms with Crippen molar-refractivity contribution in [2.75, 3.05) is 6.61 Å². The van der Waals surface area contributed by atoms with E-state index in [0.717, 1.165) is 12.3 Å². The lowest BCUT2D eigenvalue weighted by atomic mass is 9.76. The van der Waals surface area contributed by atoms with E-state index >= 15 is 0 Å². The Kier molecular flexibility index (Phi) is 5.73. The molecule has 2 atom stereocenters. The summed E-state index contributed by atoms with van der Waals surface area (Å²) in [6.45, 7) is 11.6. The van der Waals surface area contributed by atoms with Crippen LogP contribution in [0, 0.1) is 17.8 Å². The molecule has 0 aliphatic heterocycles. The van der Waals surface area contributed by atoms with Crippen molar-refractivity contribution in [3.05, 3.63) is 11.6 Å². The van der Waals surface area contributed by atoms with Gasteiger partial charge in [0.1, 0.15) is 6.61 Å². The van der Waals surface area contributed by atoms with E-state index < -0.39 is 0 Å². The molecular weight excluding hydrogens is 210 g/mol. The summed E-state index contributed by atoms with van der Waals surface area (Å²) in [6, 6.07) is 0. The van der Waals surface area contributed by atoms with Crippen LogP contribution in [0.25, 0.3) is 0 Å². The highest BCUT2D eigenvalue weighted by Gasteiger charge is 2.27. The van der Waals surface area contributed by atoms with Crippen LogP contribution in [0.3, 0.4) is 0 Å². The van der Waals surface area contributed by atoms with Gasteiger partial charge in [-0.3, -0.25) is 0 Å². The summed E-state index contributed by atoms with van der Waals surface area (Å²) in [5, 5.41) is 4.38. The van der Waals surface area contributed by atoms with Crippen molar-refractivity contribution in [3.8, 4) is 0 Å². The van der Waals surface area contributed by atoms with Crippen molar-refractivity contribution in [3.63, 3.8) is 0 Å². The van der Waals surface area contributed by atoms with Crippen LogP contribution in [-0.4, -0.2) is 12.3 Å². The lowest BCUT2D eigenvalue weighted by molar-refractivity contribution is 0.167. The monoisotopic (exact) mass is 237 g/mol. The van der Waals surface area contributed by atoms with Crippen molar-refractivity contribution in [2.45, 2.75) is 53.9 Å². The van der Waals surface area contributed by atoms with Gasteiger partial charge < -0.3 is 4.84 Å². The SMILES string of the molecule is CC(C)=CCO/N=C1/C[C@H](C)CC[C@H]1C(C)C. The molecule has 0 aromatic carbocycles. The van der Waals surface area contributed by atoms with Gasteiger partial charge in [-0.2, -0.15) is 0 Å². The van der Waals surface area contributed by atoms with Crippen molar-refractivity contribution >= 4 is 5.71 Å². The maximum atomic E-state index is 5.42. The fourth-order valence-electron chi connectivity index (χ4n) is 2.39. The molecule has 0 N–H and O–H groups in total. The van der Waals surface area contributed by atoms with Gasteiger partial charge in [-0.1, -0.05) is 31.5 Å². The van der Waals surface area contributed by atoms with Crippen LogP contribution >= 0.6 is 0 Å². The van der Waals surface area contributed by atoms with E-state index in [1.54, 1.807) is 0 Å². The number of allylic oxidation sites excluding steroid dienone is 1. The molecule has 2 nitrogen and oxygen atoms in total. The molecule has 1 saturated carbocycles. The molecule has 0 radical (unpaired) electrons. The Morgan fingerprint density at radius 1 is 1.41 bits per heavy atom. The minimum atomic E-state index is 0.602. The van der Waals surface area contributed by atoms with E-state index in [2.05, 4.69) is 45.9 Å². The average molecular weight is 237 g/mol. The third-order valence-corrected chi connectivity index (χ3v) is 3.51. The third-order valence-electron chi connectivity index (χ3n) is 3.51. The third kappa shape index (κ3) is 4.93. The van der Waals surface area contributed by atoms with E-state index in [9.17, 15) is 0 Å². The summed E-state index contributed by atoms with van der Waals surface area (Å²) < 4.78 is 0. The fraction of sp³-hybridized carbons (Fsp3) is 0.800. The first-order chi connectivity index (χ1) is 8.00. The normalized spacial score (nSPS) is 27.3.